The molecule has 196 valence electrons. The van der Waals surface area contributed by atoms with Crippen molar-refractivity contribution < 1.29 is 23.8 Å². The lowest BCUT2D eigenvalue weighted by atomic mass is 9.80. The molecule has 2 saturated heterocycles. The van der Waals surface area contributed by atoms with Gasteiger partial charge in [0.15, 0.2) is 5.76 Å². The number of aliphatic hydroxyl groups excluding tert-OH is 1. The van der Waals surface area contributed by atoms with E-state index in [1.807, 2.05) is 36.1 Å². The molecule has 0 spiro atoms. The Labute approximate surface area is 214 Å². The number of carbonyl (C=O) groups is 1. The Morgan fingerprint density at radius 1 is 1.11 bits per heavy atom. The Kier molecular flexibility index (Phi) is 8.29. The molecule has 0 bridgehead atoms. The van der Waals surface area contributed by atoms with Crippen molar-refractivity contribution in [1.82, 2.24) is 9.80 Å². The maximum atomic E-state index is 13.7. The van der Waals surface area contributed by atoms with Gasteiger partial charge >= 0.3 is 0 Å². The number of nitrogens with zero attached hydrogens (tertiary/aromatic N) is 2. The molecule has 1 aromatic heterocycles. The van der Waals surface area contributed by atoms with Crippen LogP contribution >= 0.6 is 0 Å². The van der Waals surface area contributed by atoms with Gasteiger partial charge < -0.3 is 28.8 Å². The van der Waals surface area contributed by atoms with Crippen LogP contribution in [0, 0.1) is 5.92 Å². The van der Waals surface area contributed by atoms with Gasteiger partial charge in [0.2, 0.25) is 6.29 Å². The molecule has 3 aliphatic rings. The lowest BCUT2D eigenvalue weighted by molar-refractivity contribution is -0.170. The van der Waals surface area contributed by atoms with Crippen molar-refractivity contribution in [2.75, 3.05) is 39.4 Å². The van der Waals surface area contributed by atoms with E-state index in [-0.39, 0.29) is 24.3 Å². The minimum absolute atomic E-state index is 0.0282. The maximum Gasteiger partial charge on any atom is 0.288 e. The molecule has 7 nitrogen and oxygen atoms in total. The van der Waals surface area contributed by atoms with E-state index >= 15 is 0 Å². The Hall–Kier alpha value is -2.35. The van der Waals surface area contributed by atoms with Crippen LogP contribution in [0.3, 0.4) is 0 Å². The number of fused-ring (bicyclic) bond motifs is 1. The summed E-state index contributed by atoms with van der Waals surface area (Å²) in [6.45, 7) is 6.44. The molecular formula is C29H40N2O5. The van der Waals surface area contributed by atoms with E-state index in [0.717, 1.165) is 48.9 Å². The highest BCUT2D eigenvalue weighted by Crippen LogP contribution is 2.42. The molecule has 0 aliphatic carbocycles. The summed E-state index contributed by atoms with van der Waals surface area (Å²) in [5, 5.41) is 10.6. The minimum atomic E-state index is -0.546. The molecule has 36 heavy (non-hydrogen) atoms. The zero-order valence-corrected chi connectivity index (χ0v) is 21.4. The largest absolute Gasteiger partial charge is 0.464 e. The van der Waals surface area contributed by atoms with Gasteiger partial charge in [-0.1, -0.05) is 24.6 Å². The number of amides is 1. The summed E-state index contributed by atoms with van der Waals surface area (Å²) in [6.07, 6.45) is 10.6. The van der Waals surface area contributed by atoms with Crippen LogP contribution < -0.4 is 0 Å². The van der Waals surface area contributed by atoms with Gasteiger partial charge in [-0.25, -0.2) is 0 Å². The number of aliphatic hydroxyl groups is 1. The summed E-state index contributed by atoms with van der Waals surface area (Å²) in [5.74, 6) is 0.199. The number of piperidine rings is 2. The molecule has 7 heteroatoms. The summed E-state index contributed by atoms with van der Waals surface area (Å²) < 4.78 is 18.2. The quantitative estimate of drug-likeness (QED) is 0.573. The van der Waals surface area contributed by atoms with E-state index in [2.05, 4.69) is 11.0 Å². The number of hydrogen-bond acceptors (Lipinski definition) is 6. The minimum Gasteiger partial charge on any atom is -0.464 e. The van der Waals surface area contributed by atoms with Crippen LogP contribution in [-0.4, -0.2) is 72.5 Å². The first-order valence-electron chi connectivity index (χ1n) is 13.8. The van der Waals surface area contributed by atoms with E-state index in [9.17, 15) is 9.90 Å². The highest BCUT2D eigenvalue weighted by Gasteiger charge is 2.40. The highest BCUT2D eigenvalue weighted by atomic mass is 16.7. The number of likely N-dealkylation sites (tertiary alicyclic amines) is 2. The topological polar surface area (TPSA) is 75.4 Å². The van der Waals surface area contributed by atoms with E-state index in [4.69, 9.17) is 13.9 Å². The van der Waals surface area contributed by atoms with Gasteiger partial charge in [-0.05, 0) is 70.7 Å². The van der Waals surface area contributed by atoms with Crippen molar-refractivity contribution >= 4 is 16.9 Å². The Balaban J connectivity index is 1.38. The van der Waals surface area contributed by atoms with Crippen molar-refractivity contribution in [2.24, 2.45) is 5.92 Å². The van der Waals surface area contributed by atoms with Gasteiger partial charge in [-0.2, -0.15) is 0 Å². The average molecular weight is 497 g/mol. The summed E-state index contributed by atoms with van der Waals surface area (Å²) in [5.41, 5.74) is 1.87. The lowest BCUT2D eigenvalue weighted by Crippen LogP contribution is -2.49. The van der Waals surface area contributed by atoms with Crippen LogP contribution in [0.4, 0.5) is 0 Å². The smallest absolute Gasteiger partial charge is 0.288 e. The van der Waals surface area contributed by atoms with Crippen LogP contribution in [0.5, 0.6) is 0 Å². The molecule has 5 rings (SSSR count). The summed E-state index contributed by atoms with van der Waals surface area (Å²) in [7, 11) is 0. The molecule has 0 unspecified atom stereocenters. The number of furan rings is 1. The second-order valence-corrected chi connectivity index (χ2v) is 10.3. The number of hydrogen-bond donors (Lipinski definition) is 1. The molecule has 1 N–H and O–H groups in total. The fourth-order valence-corrected chi connectivity index (χ4v) is 6.24. The van der Waals surface area contributed by atoms with Gasteiger partial charge in [0, 0.05) is 55.1 Å². The lowest BCUT2D eigenvalue weighted by Gasteiger charge is -2.41. The van der Waals surface area contributed by atoms with Crippen LogP contribution in [0.15, 0.2) is 46.8 Å². The van der Waals surface area contributed by atoms with Crippen molar-refractivity contribution in [3.63, 3.8) is 0 Å². The normalized spacial score (nSPS) is 26.1. The first kappa shape index (κ1) is 25.3. The second-order valence-electron chi connectivity index (χ2n) is 10.3. The van der Waals surface area contributed by atoms with Gasteiger partial charge in [-0.15, -0.1) is 0 Å². The second kappa shape index (κ2) is 11.8. The van der Waals surface area contributed by atoms with Gasteiger partial charge in [0.25, 0.3) is 5.91 Å². The molecule has 0 saturated carbocycles. The first-order chi connectivity index (χ1) is 17.7. The van der Waals surface area contributed by atoms with Gasteiger partial charge in [-0.3, -0.25) is 4.79 Å². The van der Waals surface area contributed by atoms with Crippen molar-refractivity contribution in [3.05, 3.63) is 47.9 Å². The monoisotopic (exact) mass is 496 g/mol. The molecule has 3 atom stereocenters. The number of rotatable bonds is 8. The summed E-state index contributed by atoms with van der Waals surface area (Å²) in [4.78, 5) is 18.3. The van der Waals surface area contributed by atoms with Crippen LogP contribution in [0.1, 0.15) is 63.4 Å². The number of benzene rings is 1. The fourth-order valence-electron chi connectivity index (χ4n) is 6.24. The number of para-hydroxylation sites is 1. The molecule has 0 radical (unpaired) electrons. The first-order valence-corrected chi connectivity index (χ1v) is 13.8. The average Bonchev–Trinajstić information content (AvgIpc) is 3.36. The molecular weight excluding hydrogens is 456 g/mol. The number of allylic oxidation sites excluding steroid dienone is 1. The Morgan fingerprint density at radius 3 is 2.64 bits per heavy atom. The third kappa shape index (κ3) is 5.34. The number of ether oxygens (including phenoxy) is 2. The van der Waals surface area contributed by atoms with Crippen LogP contribution in [0.2, 0.25) is 0 Å². The summed E-state index contributed by atoms with van der Waals surface area (Å²) in [6, 6.07) is 8.57. The SMILES string of the molecule is CCO[C@@H]1OC(C(=O)N2CCC(N3CCCCC3)CC2)=C[C@H](c2coc3ccccc23)[C@@H]1CCCO. The molecule has 2 aromatic rings. The third-order valence-corrected chi connectivity index (χ3v) is 8.15. The van der Waals surface area contributed by atoms with E-state index in [1.54, 1.807) is 6.26 Å². The van der Waals surface area contributed by atoms with E-state index in [0.29, 0.717) is 24.8 Å². The number of carbonyl (C=O) groups excluding carboxylic acids is 1. The van der Waals surface area contributed by atoms with E-state index in [1.165, 1.54) is 32.4 Å². The van der Waals surface area contributed by atoms with E-state index < -0.39 is 6.29 Å². The predicted molar refractivity (Wildman–Crippen MR) is 138 cm³/mol. The highest BCUT2D eigenvalue weighted by molar-refractivity contribution is 5.92. The molecule has 3 aliphatic heterocycles. The van der Waals surface area contributed by atoms with Crippen molar-refractivity contribution in [2.45, 2.75) is 70.1 Å². The van der Waals surface area contributed by atoms with Gasteiger partial charge in [0.05, 0.1) is 6.26 Å². The van der Waals surface area contributed by atoms with Crippen molar-refractivity contribution in [3.8, 4) is 0 Å². The maximum absolute atomic E-state index is 13.7. The van der Waals surface area contributed by atoms with Crippen molar-refractivity contribution in [1.29, 1.82) is 0 Å². The Bertz CT molecular complexity index is 1040. The Morgan fingerprint density at radius 2 is 1.89 bits per heavy atom. The fraction of sp³-hybridized carbons (Fsp3) is 0.621. The molecule has 4 heterocycles. The standard InChI is InChI=1S/C29H40N2O5/c1-2-34-29-23(10-8-18-32)24(25-20-35-26-11-5-4-9-22(25)26)19-27(36-29)28(33)31-16-12-21(13-17-31)30-14-6-3-7-15-30/h4-5,9,11,19-21,23-24,29,32H,2-3,6-8,10,12-18H2,1H3/t23-,24-,29+/m0/s1. The van der Waals surface area contributed by atoms with Gasteiger partial charge in [0.1, 0.15) is 5.58 Å². The molecule has 1 amide bonds. The predicted octanol–water partition coefficient (Wildman–Crippen LogP) is 4.66. The summed E-state index contributed by atoms with van der Waals surface area (Å²) >= 11 is 0. The molecule has 1 aromatic carbocycles. The van der Waals surface area contributed by atoms with Crippen LogP contribution in [-0.2, 0) is 14.3 Å². The molecule has 2 fully saturated rings. The zero-order valence-electron chi connectivity index (χ0n) is 21.4. The third-order valence-electron chi connectivity index (χ3n) is 8.15. The zero-order chi connectivity index (χ0) is 24.9. The van der Waals surface area contributed by atoms with Crippen LogP contribution in [0.25, 0.3) is 11.0 Å².